The number of benzene rings is 2. The van der Waals surface area contributed by atoms with E-state index >= 15 is 0 Å². The lowest BCUT2D eigenvalue weighted by molar-refractivity contribution is -0.168. The number of methoxy groups -OCH3 is 1. The number of hydrogen-bond donors (Lipinski definition) is 0. The van der Waals surface area contributed by atoms with Crippen molar-refractivity contribution in [3.8, 4) is 5.75 Å². The number of carbonyl (C=O) groups is 1. The fraction of sp³-hybridized carbons (Fsp3) is 0.585. The van der Waals surface area contributed by atoms with E-state index in [9.17, 15) is 9.00 Å². The van der Waals surface area contributed by atoms with E-state index in [1.807, 2.05) is 96.1 Å². The minimum absolute atomic E-state index is 0.166. The highest BCUT2D eigenvalue weighted by atomic mass is 32.2. The van der Waals surface area contributed by atoms with E-state index in [-0.39, 0.29) is 23.9 Å². The van der Waals surface area contributed by atoms with Gasteiger partial charge in [-0.2, -0.15) is 0 Å². The lowest BCUT2D eigenvalue weighted by Gasteiger charge is -2.42. The van der Waals surface area contributed by atoms with Crippen molar-refractivity contribution in [1.82, 2.24) is 0 Å². The first-order valence-corrected chi connectivity index (χ1v) is 19.1. The summed E-state index contributed by atoms with van der Waals surface area (Å²) in [6.45, 7) is 17.6. The molecule has 8 nitrogen and oxygen atoms in total. The van der Waals surface area contributed by atoms with E-state index in [0.29, 0.717) is 39.3 Å². The molecular formula is C41H58O8S. The Hall–Kier alpha value is -2.98. The van der Waals surface area contributed by atoms with Gasteiger partial charge in [-0.1, -0.05) is 43.7 Å². The van der Waals surface area contributed by atoms with Gasteiger partial charge in [-0.3, -0.25) is 4.79 Å². The van der Waals surface area contributed by atoms with Crippen molar-refractivity contribution in [3.63, 3.8) is 0 Å². The number of hydrogen-bond acceptors (Lipinski definition) is 8. The van der Waals surface area contributed by atoms with Crippen LogP contribution in [0.5, 0.6) is 5.75 Å². The van der Waals surface area contributed by atoms with Crippen LogP contribution in [-0.4, -0.2) is 54.6 Å². The van der Waals surface area contributed by atoms with Crippen molar-refractivity contribution in [1.29, 1.82) is 0 Å². The van der Waals surface area contributed by atoms with Crippen LogP contribution in [-0.2, 0) is 45.9 Å². The Morgan fingerprint density at radius 3 is 2.38 bits per heavy atom. The zero-order valence-electron chi connectivity index (χ0n) is 31.5. The van der Waals surface area contributed by atoms with E-state index in [1.54, 1.807) is 12.5 Å². The van der Waals surface area contributed by atoms with Gasteiger partial charge in [0.15, 0.2) is 11.4 Å². The molecule has 2 aromatic rings. The number of rotatable bonds is 16. The summed E-state index contributed by atoms with van der Waals surface area (Å²) in [5.41, 5.74) is 2.07. The van der Waals surface area contributed by atoms with Gasteiger partial charge in [-0.15, -0.1) is 0 Å². The van der Waals surface area contributed by atoms with E-state index in [1.165, 1.54) is 5.57 Å². The standard InChI is InChI=1S/C41H58O8S/c1-29-12-18-35(19-13-29)50(43)24-22-41(37-28-47-40(7,8)49-37)21-20-33(25-30(2)31(3)26-46-38(42)39(4,5)6)36(48-41)11-10-23-45-27-32-14-16-34(44-9)17-15-32/h12-19,22,24,30-31,37H,10-11,20-21,23,25-28H2,1-9H3/b24-22+/t30-,31-,37-,41+,50-/m0/s1. The second kappa shape index (κ2) is 17.5. The average molecular weight is 711 g/mol. The molecule has 9 heteroatoms. The Morgan fingerprint density at radius 1 is 1.06 bits per heavy atom. The maximum absolute atomic E-state index is 13.4. The molecule has 2 heterocycles. The molecule has 1 fully saturated rings. The topological polar surface area (TPSA) is 89.5 Å². The molecule has 1 saturated heterocycles. The lowest BCUT2D eigenvalue weighted by atomic mass is 9.81. The molecule has 0 spiro atoms. The van der Waals surface area contributed by atoms with Crippen molar-refractivity contribution >= 4 is 16.8 Å². The molecule has 2 aliphatic rings. The summed E-state index contributed by atoms with van der Waals surface area (Å²) in [7, 11) is 0.301. The summed E-state index contributed by atoms with van der Waals surface area (Å²) in [5, 5.41) is 1.74. The Bertz CT molecular complexity index is 1490. The summed E-state index contributed by atoms with van der Waals surface area (Å²) < 4.78 is 50.0. The maximum atomic E-state index is 13.4. The molecule has 0 saturated carbocycles. The smallest absolute Gasteiger partial charge is 0.311 e. The van der Waals surface area contributed by atoms with Gasteiger partial charge >= 0.3 is 5.97 Å². The number of carbonyl (C=O) groups excluding carboxylic acids is 1. The van der Waals surface area contributed by atoms with Crippen LogP contribution in [0.2, 0.25) is 0 Å². The van der Waals surface area contributed by atoms with Gasteiger partial charge in [-0.05, 0) is 121 Å². The monoisotopic (exact) mass is 710 g/mol. The summed E-state index contributed by atoms with van der Waals surface area (Å²) >= 11 is 0. The van der Waals surface area contributed by atoms with E-state index in [2.05, 4.69) is 13.8 Å². The van der Waals surface area contributed by atoms with Crippen molar-refractivity contribution in [2.45, 2.75) is 116 Å². The second-order valence-corrected chi connectivity index (χ2v) is 16.7. The first-order valence-electron chi connectivity index (χ1n) is 17.9. The lowest BCUT2D eigenvalue weighted by Crippen LogP contribution is -2.47. The van der Waals surface area contributed by atoms with Gasteiger partial charge in [0, 0.05) is 23.3 Å². The normalized spacial score (nSPS) is 22.6. The predicted octanol–water partition coefficient (Wildman–Crippen LogP) is 8.83. The van der Waals surface area contributed by atoms with Crippen LogP contribution in [0.1, 0.15) is 91.7 Å². The fourth-order valence-corrected chi connectivity index (χ4v) is 6.93. The van der Waals surface area contributed by atoms with Gasteiger partial charge in [0.1, 0.15) is 11.9 Å². The number of ether oxygens (including phenoxy) is 6. The molecule has 2 aliphatic heterocycles. The molecule has 0 N–H and O–H groups in total. The second-order valence-electron chi connectivity index (χ2n) is 15.3. The van der Waals surface area contributed by atoms with Crippen molar-refractivity contribution in [3.05, 3.63) is 82.5 Å². The highest BCUT2D eigenvalue weighted by molar-refractivity contribution is 7.88. The highest BCUT2D eigenvalue weighted by Gasteiger charge is 2.49. The Balaban J connectivity index is 1.54. The molecule has 276 valence electrons. The highest BCUT2D eigenvalue weighted by Crippen LogP contribution is 2.44. The Labute approximate surface area is 302 Å². The van der Waals surface area contributed by atoms with E-state index in [0.717, 1.165) is 46.8 Å². The summed E-state index contributed by atoms with van der Waals surface area (Å²) in [6.07, 6.45) is 5.30. The van der Waals surface area contributed by atoms with Crippen LogP contribution in [0.3, 0.4) is 0 Å². The van der Waals surface area contributed by atoms with Gasteiger partial charge < -0.3 is 28.4 Å². The number of allylic oxidation sites excluding steroid dienone is 2. The number of aryl methyl sites for hydroxylation is 1. The van der Waals surface area contributed by atoms with Crippen LogP contribution >= 0.6 is 0 Å². The van der Waals surface area contributed by atoms with Crippen LogP contribution < -0.4 is 4.74 Å². The number of esters is 1. The van der Waals surface area contributed by atoms with Crippen LogP contribution in [0.15, 0.2) is 76.2 Å². The van der Waals surface area contributed by atoms with Gasteiger partial charge in [0.2, 0.25) is 0 Å². The largest absolute Gasteiger partial charge is 0.497 e. The molecular weight excluding hydrogens is 653 g/mol. The minimum atomic E-state index is -1.36. The van der Waals surface area contributed by atoms with Crippen LogP contribution in [0, 0.1) is 24.2 Å². The zero-order valence-corrected chi connectivity index (χ0v) is 32.4. The maximum Gasteiger partial charge on any atom is 0.311 e. The van der Waals surface area contributed by atoms with Crippen molar-refractivity contribution in [2.24, 2.45) is 17.3 Å². The van der Waals surface area contributed by atoms with E-state index in [4.69, 9.17) is 28.4 Å². The predicted molar refractivity (Wildman–Crippen MR) is 197 cm³/mol. The quantitative estimate of drug-likeness (QED) is 0.126. The third kappa shape index (κ3) is 11.3. The average Bonchev–Trinajstić information content (AvgIpc) is 3.46. The van der Waals surface area contributed by atoms with Crippen LogP contribution in [0.25, 0.3) is 0 Å². The SMILES string of the molecule is COc1ccc(COCCCC2=C(C[C@H](C)[C@@H](C)COC(=O)C(C)(C)C)CC[C@@](/C=C/[S@](=O)c3ccc(C)cc3)([C@@H]3COC(C)(C)O3)O2)cc1. The first kappa shape index (κ1) is 39.8. The van der Waals surface area contributed by atoms with Gasteiger partial charge in [-0.25, -0.2) is 4.21 Å². The molecule has 0 bridgehead atoms. The Kier molecular flexibility index (Phi) is 13.9. The van der Waals surface area contributed by atoms with Crippen molar-refractivity contribution in [2.75, 3.05) is 26.9 Å². The zero-order chi connectivity index (χ0) is 36.5. The van der Waals surface area contributed by atoms with Crippen molar-refractivity contribution < 1.29 is 37.4 Å². The third-order valence-electron chi connectivity index (χ3n) is 9.56. The van der Waals surface area contributed by atoms with Crippen LogP contribution in [0.4, 0.5) is 0 Å². The Morgan fingerprint density at radius 2 is 1.76 bits per heavy atom. The first-order chi connectivity index (χ1) is 23.6. The molecule has 4 rings (SSSR count). The molecule has 2 aromatic carbocycles. The summed E-state index contributed by atoms with van der Waals surface area (Å²) in [5.74, 6) is 1.23. The molecule has 0 amide bonds. The molecule has 0 aromatic heterocycles. The third-order valence-corrected chi connectivity index (χ3v) is 10.7. The molecule has 50 heavy (non-hydrogen) atoms. The molecule has 0 aliphatic carbocycles. The summed E-state index contributed by atoms with van der Waals surface area (Å²) in [4.78, 5) is 13.2. The fourth-order valence-electron chi connectivity index (χ4n) is 6.01. The molecule has 0 unspecified atom stereocenters. The van der Waals surface area contributed by atoms with E-state index < -0.39 is 27.6 Å². The molecule has 0 radical (unpaired) electrons. The van der Waals surface area contributed by atoms with Gasteiger partial charge in [0.05, 0.1) is 48.9 Å². The molecule has 5 atom stereocenters. The van der Waals surface area contributed by atoms with Gasteiger partial charge in [0.25, 0.3) is 0 Å². The summed E-state index contributed by atoms with van der Waals surface area (Å²) in [6, 6.07) is 15.6. The minimum Gasteiger partial charge on any atom is -0.497 e.